The molecule has 2 N–H and O–H groups in total. The monoisotopic (exact) mass is 635 g/mol. The van der Waals surface area contributed by atoms with Crippen molar-refractivity contribution in [3.05, 3.63) is 59.1 Å². The first-order valence-electron chi connectivity index (χ1n) is 16.2. The molecule has 1 aromatic carbocycles. The van der Waals surface area contributed by atoms with E-state index in [0.717, 1.165) is 51.0 Å². The number of nitrogens with two attached hydrogens (primary N) is 1. The zero-order valence-electron chi connectivity index (χ0n) is 28.0. The molecule has 2 aromatic heterocycles. The number of benzene rings is 1. The molecule has 12 heteroatoms. The van der Waals surface area contributed by atoms with Crippen LogP contribution in [-0.4, -0.2) is 93.5 Å². The molecule has 10 nitrogen and oxygen atoms in total. The number of anilines is 1. The average Bonchev–Trinajstić information content (AvgIpc) is 3.35. The predicted octanol–water partition coefficient (Wildman–Crippen LogP) is 4.94. The number of imidazole rings is 1. The molecular weight excluding hydrogens is 588 g/mol. The summed E-state index contributed by atoms with van der Waals surface area (Å²) in [4.78, 5) is 35.4. The maximum Gasteiger partial charge on any atom is 0.248 e. The minimum atomic E-state index is -1.00. The molecule has 46 heavy (non-hydrogen) atoms. The van der Waals surface area contributed by atoms with Crippen molar-refractivity contribution >= 4 is 34.7 Å². The fourth-order valence-corrected chi connectivity index (χ4v) is 6.52. The molecule has 1 saturated heterocycles. The summed E-state index contributed by atoms with van der Waals surface area (Å²) in [5, 5.41) is 0. The fourth-order valence-electron chi connectivity index (χ4n) is 6.52. The number of rotatable bonds is 10. The van der Waals surface area contributed by atoms with Gasteiger partial charge < -0.3 is 20.1 Å². The van der Waals surface area contributed by atoms with Crippen molar-refractivity contribution in [2.24, 2.45) is 16.6 Å². The van der Waals surface area contributed by atoms with E-state index in [1.807, 2.05) is 45.3 Å². The van der Waals surface area contributed by atoms with E-state index < -0.39 is 24.0 Å². The average molecular weight is 636 g/mol. The van der Waals surface area contributed by atoms with Crippen molar-refractivity contribution in [1.82, 2.24) is 29.2 Å². The number of aliphatic imine (C=N–C) groups is 1. The highest BCUT2D eigenvalue weighted by atomic mass is 19.1. The number of likely N-dealkylation sites (N-methyl/N-ethyl adjacent to an activating group) is 1. The van der Waals surface area contributed by atoms with Gasteiger partial charge in [-0.1, -0.05) is 26.8 Å². The Morgan fingerprint density at radius 2 is 1.78 bits per heavy atom. The molecule has 2 aliphatic heterocycles. The number of allylic oxidation sites excluding steroid dienone is 1. The van der Waals surface area contributed by atoms with Gasteiger partial charge >= 0.3 is 0 Å². The van der Waals surface area contributed by atoms with Crippen LogP contribution in [0.2, 0.25) is 0 Å². The van der Waals surface area contributed by atoms with Gasteiger partial charge in [0.15, 0.2) is 11.6 Å². The summed E-state index contributed by atoms with van der Waals surface area (Å²) in [6.07, 6.45) is 2.31. The third kappa shape index (κ3) is 6.84. The zero-order valence-corrected chi connectivity index (χ0v) is 28.0. The summed E-state index contributed by atoms with van der Waals surface area (Å²) in [5.74, 6) is -0.377. The molecule has 0 radical (unpaired) electrons. The molecule has 1 amide bonds. The number of aryl methyl sites for hydroxylation is 1. The molecule has 0 saturated carbocycles. The molecule has 0 spiro atoms. The van der Waals surface area contributed by atoms with Gasteiger partial charge in [0, 0.05) is 57.6 Å². The minimum absolute atomic E-state index is 0.0161. The van der Waals surface area contributed by atoms with E-state index in [-0.39, 0.29) is 29.1 Å². The van der Waals surface area contributed by atoms with E-state index in [0.29, 0.717) is 29.1 Å². The highest BCUT2D eigenvalue weighted by molar-refractivity contribution is 5.99. The molecule has 1 fully saturated rings. The summed E-state index contributed by atoms with van der Waals surface area (Å²) in [7, 11) is 1.64. The SMILES string of the molecule is CCN1CCN(Cc2ccc(N(C(=O)[C@H](N)CC(C)C)C3N=CC(F)=C(c4cc(F)c5nc(C)n(C(C)C)c5c4)N3C)nc2)CC1. The second-order valence-corrected chi connectivity index (χ2v) is 13.1. The molecular formula is C34H47F2N9O. The number of carbonyl (C=O) groups is 1. The Balaban J connectivity index is 1.48. The van der Waals surface area contributed by atoms with Crippen LogP contribution < -0.4 is 10.6 Å². The van der Waals surface area contributed by atoms with Gasteiger partial charge in [-0.15, -0.1) is 0 Å². The van der Waals surface area contributed by atoms with E-state index in [9.17, 15) is 4.79 Å². The van der Waals surface area contributed by atoms with Gasteiger partial charge in [0.25, 0.3) is 0 Å². The Hall–Kier alpha value is -3.74. The van der Waals surface area contributed by atoms with Crippen molar-refractivity contribution in [2.75, 3.05) is 44.7 Å². The van der Waals surface area contributed by atoms with E-state index in [1.54, 1.807) is 30.3 Å². The van der Waals surface area contributed by atoms with Crippen LogP contribution in [0.25, 0.3) is 16.7 Å². The second kappa shape index (κ2) is 13.9. The number of piperazine rings is 1. The molecule has 3 aromatic rings. The zero-order chi connectivity index (χ0) is 33.3. The van der Waals surface area contributed by atoms with Gasteiger partial charge in [0.05, 0.1) is 23.5 Å². The van der Waals surface area contributed by atoms with Gasteiger partial charge in [-0.2, -0.15) is 0 Å². The topological polar surface area (TPSA) is 99.1 Å². The van der Waals surface area contributed by atoms with Crippen molar-refractivity contribution < 1.29 is 13.6 Å². The number of nitrogens with zero attached hydrogens (tertiary/aromatic N) is 8. The first-order valence-corrected chi connectivity index (χ1v) is 16.2. The highest BCUT2D eigenvalue weighted by Gasteiger charge is 2.36. The maximum atomic E-state index is 15.7. The smallest absolute Gasteiger partial charge is 0.248 e. The van der Waals surface area contributed by atoms with Gasteiger partial charge in [0.2, 0.25) is 12.2 Å². The molecule has 2 atom stereocenters. The van der Waals surface area contributed by atoms with Crippen LogP contribution in [0.4, 0.5) is 14.6 Å². The largest absolute Gasteiger partial charge is 0.333 e. The maximum absolute atomic E-state index is 15.7. The van der Waals surface area contributed by atoms with Crippen molar-refractivity contribution in [1.29, 1.82) is 0 Å². The van der Waals surface area contributed by atoms with Crippen LogP contribution in [0.5, 0.6) is 0 Å². The van der Waals surface area contributed by atoms with Crippen LogP contribution >= 0.6 is 0 Å². The standard InChI is InChI=1S/C34H47F2N9O/c1-8-42-11-13-43(14-12-42)20-24-9-10-30(38-18-24)45(33(46)28(37)15-21(2)3)34-39-19-27(36)32(41(34)7)25-16-26(35)31-29(17-25)44(22(4)5)23(6)40-31/h9-10,16-19,21-22,28,34H,8,11-15,20,37H2,1-7H3/t28-,34?/m1/s1. The second-order valence-electron chi connectivity index (χ2n) is 13.1. The number of hydrogen-bond donors (Lipinski definition) is 1. The lowest BCUT2D eigenvalue weighted by Gasteiger charge is -2.39. The normalized spacial score (nSPS) is 18.8. The van der Waals surface area contributed by atoms with Crippen LogP contribution in [-0.2, 0) is 11.3 Å². The molecule has 5 rings (SSSR count). The quantitative estimate of drug-likeness (QED) is 0.337. The van der Waals surface area contributed by atoms with Crippen molar-refractivity contribution in [3.8, 4) is 0 Å². The number of pyridine rings is 1. The third-order valence-electron chi connectivity index (χ3n) is 8.85. The van der Waals surface area contributed by atoms with E-state index in [4.69, 9.17) is 10.7 Å². The van der Waals surface area contributed by atoms with Crippen LogP contribution in [0.3, 0.4) is 0 Å². The third-order valence-corrected chi connectivity index (χ3v) is 8.85. The van der Waals surface area contributed by atoms with Gasteiger partial charge in [-0.05, 0) is 63.4 Å². The summed E-state index contributed by atoms with van der Waals surface area (Å²) < 4.78 is 33.0. The van der Waals surface area contributed by atoms with Gasteiger partial charge in [-0.3, -0.25) is 14.6 Å². The summed E-state index contributed by atoms with van der Waals surface area (Å²) >= 11 is 0. The number of fused-ring (bicyclic) bond motifs is 1. The first kappa shape index (κ1) is 33.6. The number of aromatic nitrogens is 3. The summed E-state index contributed by atoms with van der Waals surface area (Å²) in [6, 6.07) is 5.98. The van der Waals surface area contributed by atoms with E-state index in [1.165, 1.54) is 11.0 Å². The summed E-state index contributed by atoms with van der Waals surface area (Å²) in [5.41, 5.74) is 8.68. The number of amides is 1. The molecule has 0 bridgehead atoms. The Morgan fingerprint density at radius 3 is 2.39 bits per heavy atom. The minimum Gasteiger partial charge on any atom is -0.333 e. The van der Waals surface area contributed by atoms with Crippen LogP contribution in [0, 0.1) is 18.7 Å². The summed E-state index contributed by atoms with van der Waals surface area (Å²) in [6.45, 7) is 17.8. The molecule has 1 unspecified atom stereocenters. The van der Waals surface area contributed by atoms with E-state index >= 15 is 8.78 Å². The fraction of sp³-hybridized carbons (Fsp3) is 0.529. The van der Waals surface area contributed by atoms with Crippen molar-refractivity contribution in [2.45, 2.75) is 72.9 Å². The Bertz CT molecular complexity index is 1610. The highest BCUT2D eigenvalue weighted by Crippen LogP contribution is 2.34. The number of carbonyl (C=O) groups excluding carboxylic acids is 1. The molecule has 0 aliphatic carbocycles. The van der Waals surface area contributed by atoms with Crippen LogP contribution in [0.15, 0.2) is 41.3 Å². The molecule has 4 heterocycles. The lowest BCUT2D eigenvalue weighted by atomic mass is 10.0. The Morgan fingerprint density at radius 1 is 1.09 bits per heavy atom. The predicted molar refractivity (Wildman–Crippen MR) is 179 cm³/mol. The molecule has 2 aliphatic rings. The van der Waals surface area contributed by atoms with Gasteiger partial charge in [-0.25, -0.2) is 23.7 Å². The molecule has 248 valence electrons. The Labute approximate surface area is 270 Å². The lowest BCUT2D eigenvalue weighted by molar-refractivity contribution is -0.121. The first-order chi connectivity index (χ1) is 21.9. The lowest BCUT2D eigenvalue weighted by Crippen LogP contribution is -2.55. The van der Waals surface area contributed by atoms with E-state index in [2.05, 4.69) is 26.7 Å². The van der Waals surface area contributed by atoms with Gasteiger partial charge in [0.1, 0.15) is 17.2 Å². The van der Waals surface area contributed by atoms with Crippen LogP contribution in [0.1, 0.15) is 64.0 Å². The number of hydrogen-bond acceptors (Lipinski definition) is 8. The Kier molecular flexibility index (Phi) is 10.2. The van der Waals surface area contributed by atoms with Crippen molar-refractivity contribution in [3.63, 3.8) is 0 Å². The number of halogens is 2.